The summed E-state index contributed by atoms with van der Waals surface area (Å²) in [6, 6.07) is 4.44. The largest absolute Gasteiger partial charge is 0.244 e. The Labute approximate surface area is 142 Å². The lowest BCUT2D eigenvalue weighted by atomic mass is 9.95. The Morgan fingerprint density at radius 2 is 1.83 bits per heavy atom. The van der Waals surface area contributed by atoms with Crippen molar-refractivity contribution in [2.75, 3.05) is 7.05 Å². The van der Waals surface area contributed by atoms with Gasteiger partial charge >= 0.3 is 0 Å². The van der Waals surface area contributed by atoms with E-state index in [1.165, 1.54) is 29.8 Å². The van der Waals surface area contributed by atoms with Gasteiger partial charge in [0.15, 0.2) is 0 Å². The molecule has 0 aliphatic heterocycles. The monoisotopic (exact) mass is 351 g/mol. The molecular weight excluding hydrogens is 329 g/mol. The maximum atomic E-state index is 13.1. The maximum absolute atomic E-state index is 13.1. The third kappa shape index (κ3) is 3.62. The van der Waals surface area contributed by atoms with Crippen molar-refractivity contribution in [2.45, 2.75) is 38.1 Å². The van der Waals surface area contributed by atoms with E-state index in [1.807, 2.05) is 20.8 Å². The molecule has 0 bridgehead atoms. The van der Waals surface area contributed by atoms with E-state index in [1.54, 1.807) is 6.20 Å². The Bertz CT molecular complexity index is 792. The lowest BCUT2D eigenvalue weighted by molar-refractivity contribution is 0.297. The van der Waals surface area contributed by atoms with Gasteiger partial charge in [0.05, 0.1) is 10.9 Å². The molecule has 0 aliphatic rings. The average molecular weight is 351 g/mol. The topological polar surface area (TPSA) is 63.2 Å². The molecule has 0 spiro atoms. The van der Waals surface area contributed by atoms with Crippen molar-refractivity contribution in [3.63, 3.8) is 0 Å². The van der Waals surface area contributed by atoms with Crippen molar-refractivity contribution in [3.05, 3.63) is 53.9 Å². The Morgan fingerprint density at radius 3 is 2.38 bits per heavy atom. The molecule has 0 saturated carbocycles. The highest BCUT2D eigenvalue weighted by Gasteiger charge is 2.32. The number of aryl methyl sites for hydroxylation is 1. The Balaban J connectivity index is 2.49. The predicted molar refractivity (Wildman–Crippen MR) is 90.3 cm³/mol. The molecule has 0 aliphatic carbocycles. The Morgan fingerprint density at radius 1 is 1.21 bits per heavy atom. The number of rotatable bonds is 6. The average Bonchev–Trinajstić information content (AvgIpc) is 2.55. The van der Waals surface area contributed by atoms with Gasteiger partial charge in [-0.2, -0.15) is 4.31 Å². The van der Waals surface area contributed by atoms with Crippen LogP contribution in [0.3, 0.4) is 0 Å². The van der Waals surface area contributed by atoms with E-state index in [0.717, 1.165) is 23.4 Å². The molecule has 130 valence electrons. The fourth-order valence-corrected chi connectivity index (χ4v) is 4.27. The lowest BCUT2D eigenvalue weighted by Gasteiger charge is -2.31. The second-order valence-electron chi connectivity index (χ2n) is 5.94. The van der Waals surface area contributed by atoms with Crippen molar-refractivity contribution in [1.82, 2.24) is 14.3 Å². The van der Waals surface area contributed by atoms with E-state index in [4.69, 9.17) is 0 Å². The molecule has 0 amide bonds. The molecule has 0 fully saturated rings. The molecule has 2 aromatic rings. The number of sulfonamides is 1. The molecule has 2 rings (SSSR count). The number of nitrogens with zero attached hydrogens (tertiary/aromatic N) is 3. The highest BCUT2D eigenvalue weighted by atomic mass is 32.2. The van der Waals surface area contributed by atoms with Crippen LogP contribution in [-0.2, 0) is 16.4 Å². The lowest BCUT2D eigenvalue weighted by Crippen LogP contribution is -2.35. The normalized spacial score (nSPS) is 13.5. The smallest absolute Gasteiger partial charge is 0.243 e. The van der Waals surface area contributed by atoms with Crippen LogP contribution in [0.15, 0.2) is 41.7 Å². The van der Waals surface area contributed by atoms with Gasteiger partial charge in [-0.05, 0) is 36.6 Å². The molecule has 0 radical (unpaired) electrons. The SMILES string of the molecule is CCc1ncncc1C(C(C)C)N(C)S(=O)(=O)c1ccc(F)cc1. The van der Waals surface area contributed by atoms with Gasteiger partial charge in [0, 0.05) is 24.5 Å². The number of hydrogen-bond acceptors (Lipinski definition) is 4. The number of halogens is 1. The van der Waals surface area contributed by atoms with Crippen LogP contribution in [0.1, 0.15) is 38.1 Å². The van der Waals surface area contributed by atoms with E-state index >= 15 is 0 Å². The van der Waals surface area contributed by atoms with E-state index in [-0.39, 0.29) is 10.8 Å². The minimum Gasteiger partial charge on any atom is -0.244 e. The van der Waals surface area contributed by atoms with Gasteiger partial charge in [-0.3, -0.25) is 0 Å². The summed E-state index contributed by atoms with van der Waals surface area (Å²) in [4.78, 5) is 8.39. The quantitative estimate of drug-likeness (QED) is 0.802. The first kappa shape index (κ1) is 18.5. The summed E-state index contributed by atoms with van der Waals surface area (Å²) in [5.41, 5.74) is 1.62. The van der Waals surface area contributed by atoms with Crippen LogP contribution in [0.25, 0.3) is 0 Å². The van der Waals surface area contributed by atoms with E-state index in [0.29, 0.717) is 6.42 Å². The number of aromatic nitrogens is 2. The summed E-state index contributed by atoms with van der Waals surface area (Å²) in [6.45, 7) is 5.87. The molecular formula is C17H22FN3O2S. The predicted octanol–water partition coefficient (Wildman–Crippen LogP) is 3.20. The zero-order valence-corrected chi connectivity index (χ0v) is 15.1. The van der Waals surface area contributed by atoms with Crippen molar-refractivity contribution >= 4 is 10.0 Å². The fraction of sp³-hybridized carbons (Fsp3) is 0.412. The van der Waals surface area contributed by atoms with Gasteiger partial charge in [0.25, 0.3) is 0 Å². The molecule has 7 heteroatoms. The summed E-state index contributed by atoms with van der Waals surface area (Å²) < 4.78 is 40.3. The van der Waals surface area contributed by atoms with Crippen LogP contribution >= 0.6 is 0 Å². The Kier molecular flexibility index (Phi) is 5.66. The van der Waals surface area contributed by atoms with Gasteiger partial charge in [0.2, 0.25) is 10.0 Å². The highest BCUT2D eigenvalue weighted by Crippen LogP contribution is 2.33. The first-order valence-corrected chi connectivity index (χ1v) is 9.25. The van der Waals surface area contributed by atoms with Gasteiger partial charge in [0.1, 0.15) is 12.1 Å². The second-order valence-corrected chi connectivity index (χ2v) is 7.94. The van der Waals surface area contributed by atoms with Crippen LogP contribution in [0, 0.1) is 11.7 Å². The molecule has 1 aromatic carbocycles. The summed E-state index contributed by atoms with van der Waals surface area (Å²) in [5, 5.41) is 0. The Hall–Kier alpha value is -1.86. The highest BCUT2D eigenvalue weighted by molar-refractivity contribution is 7.89. The molecule has 1 heterocycles. The number of benzene rings is 1. The zero-order chi connectivity index (χ0) is 17.9. The molecule has 24 heavy (non-hydrogen) atoms. The molecule has 5 nitrogen and oxygen atoms in total. The summed E-state index contributed by atoms with van der Waals surface area (Å²) in [7, 11) is -2.22. The van der Waals surface area contributed by atoms with Crippen LogP contribution in [0.5, 0.6) is 0 Å². The third-order valence-electron chi connectivity index (χ3n) is 3.99. The number of hydrogen-bond donors (Lipinski definition) is 0. The van der Waals surface area contributed by atoms with Crippen LogP contribution in [0.2, 0.25) is 0 Å². The van der Waals surface area contributed by atoms with Crippen LogP contribution in [0.4, 0.5) is 4.39 Å². The van der Waals surface area contributed by atoms with Gasteiger partial charge < -0.3 is 0 Å². The second kappa shape index (κ2) is 7.36. The van der Waals surface area contributed by atoms with Crippen LogP contribution < -0.4 is 0 Å². The van der Waals surface area contributed by atoms with Gasteiger partial charge in [-0.1, -0.05) is 20.8 Å². The molecule has 1 aromatic heterocycles. The third-order valence-corrected chi connectivity index (χ3v) is 5.85. The molecule has 0 saturated heterocycles. The minimum atomic E-state index is -3.76. The van der Waals surface area contributed by atoms with Crippen molar-refractivity contribution in [2.24, 2.45) is 5.92 Å². The first-order chi connectivity index (χ1) is 11.3. The van der Waals surface area contributed by atoms with E-state index < -0.39 is 21.9 Å². The first-order valence-electron chi connectivity index (χ1n) is 7.81. The van der Waals surface area contributed by atoms with Gasteiger partial charge in [-0.15, -0.1) is 0 Å². The minimum absolute atomic E-state index is 0.0153. The van der Waals surface area contributed by atoms with Crippen molar-refractivity contribution in [1.29, 1.82) is 0 Å². The van der Waals surface area contributed by atoms with Crippen LogP contribution in [-0.4, -0.2) is 29.7 Å². The molecule has 0 N–H and O–H groups in total. The van der Waals surface area contributed by atoms with E-state index in [9.17, 15) is 12.8 Å². The molecule has 1 atom stereocenters. The van der Waals surface area contributed by atoms with Crippen molar-refractivity contribution < 1.29 is 12.8 Å². The maximum Gasteiger partial charge on any atom is 0.243 e. The standard InChI is InChI=1S/C17H22FN3O2S/c1-5-16-15(10-19-11-20-16)17(12(2)3)21(4)24(22,23)14-8-6-13(18)7-9-14/h6-12,17H,5H2,1-4H3. The summed E-state index contributed by atoms with van der Waals surface area (Å²) in [6.07, 6.45) is 3.83. The summed E-state index contributed by atoms with van der Waals surface area (Å²) >= 11 is 0. The summed E-state index contributed by atoms with van der Waals surface area (Å²) in [5.74, 6) is -0.455. The van der Waals surface area contributed by atoms with E-state index in [2.05, 4.69) is 9.97 Å². The zero-order valence-electron chi connectivity index (χ0n) is 14.3. The van der Waals surface area contributed by atoms with Gasteiger partial charge in [-0.25, -0.2) is 22.8 Å². The van der Waals surface area contributed by atoms with Crippen molar-refractivity contribution in [3.8, 4) is 0 Å². The fourth-order valence-electron chi connectivity index (χ4n) is 2.81. The molecule has 1 unspecified atom stereocenters.